The summed E-state index contributed by atoms with van der Waals surface area (Å²) in [6.45, 7) is 2.83. The molecule has 1 N–H and O–H groups in total. The number of piperidine rings is 1. The largest absolute Gasteiger partial charge is 0.497 e. The van der Waals surface area contributed by atoms with Crippen molar-refractivity contribution >= 4 is 29.7 Å². The van der Waals surface area contributed by atoms with Gasteiger partial charge in [0.15, 0.2) is 0 Å². The van der Waals surface area contributed by atoms with Gasteiger partial charge in [-0.1, -0.05) is 6.07 Å². The maximum atomic E-state index is 13.3. The number of ether oxygens (including phenoxy) is 1. The summed E-state index contributed by atoms with van der Waals surface area (Å²) in [5.41, 5.74) is 2.26. The first-order valence-electron chi connectivity index (χ1n) is 8.89. The van der Waals surface area contributed by atoms with Gasteiger partial charge >= 0.3 is 0 Å². The number of carbonyl (C=O) groups is 1. The molecule has 4 rings (SSSR count). The number of hydrogen-bond donors (Lipinski definition) is 1. The van der Waals surface area contributed by atoms with Crippen molar-refractivity contribution in [3.63, 3.8) is 0 Å². The van der Waals surface area contributed by atoms with Gasteiger partial charge in [-0.25, -0.2) is 0 Å². The summed E-state index contributed by atoms with van der Waals surface area (Å²) in [6, 6.07) is 9.98. The van der Waals surface area contributed by atoms with Crippen molar-refractivity contribution in [1.82, 2.24) is 10.2 Å². The molecule has 1 atom stereocenters. The van der Waals surface area contributed by atoms with Crippen LogP contribution in [0.2, 0.25) is 0 Å². The molecule has 0 bridgehead atoms. The molecule has 1 unspecified atom stereocenters. The molecule has 26 heavy (non-hydrogen) atoms. The number of thiophene rings is 1. The fraction of sp³-hybridized carbons (Fsp3) is 0.450. The predicted molar refractivity (Wildman–Crippen MR) is 107 cm³/mol. The highest BCUT2D eigenvalue weighted by Crippen LogP contribution is 2.56. The zero-order valence-electron chi connectivity index (χ0n) is 14.9. The van der Waals surface area contributed by atoms with E-state index in [0.29, 0.717) is 23.6 Å². The van der Waals surface area contributed by atoms with Crippen LogP contribution in [0.5, 0.6) is 5.75 Å². The summed E-state index contributed by atoms with van der Waals surface area (Å²) in [5, 5.41) is 7.67. The van der Waals surface area contributed by atoms with Crippen molar-refractivity contribution in [1.29, 1.82) is 0 Å². The van der Waals surface area contributed by atoms with Gasteiger partial charge < -0.3 is 15.0 Å². The van der Waals surface area contributed by atoms with Crippen molar-refractivity contribution in [2.45, 2.75) is 31.8 Å². The standard InChI is InChI=1S/C20H24N2O2S.ClH/c1-24-17-4-2-3-16(11-17)19(23)22(13-15-5-10-25-14-15)18-12-20(18)6-8-21-9-7-20;/h2-5,10-11,14,18,21H,6-9,12-13H2,1H3;1H. The van der Waals surface area contributed by atoms with Gasteiger partial charge in [0.25, 0.3) is 5.91 Å². The first kappa shape index (κ1) is 19.2. The monoisotopic (exact) mass is 392 g/mol. The van der Waals surface area contributed by atoms with E-state index in [1.165, 1.54) is 18.4 Å². The molecule has 2 heterocycles. The van der Waals surface area contributed by atoms with E-state index in [1.807, 2.05) is 24.3 Å². The highest BCUT2D eigenvalue weighted by molar-refractivity contribution is 7.07. The Kier molecular flexibility index (Phi) is 5.90. The van der Waals surface area contributed by atoms with Crippen LogP contribution in [0, 0.1) is 5.41 Å². The number of hydrogen-bond acceptors (Lipinski definition) is 4. The zero-order chi connectivity index (χ0) is 17.3. The van der Waals surface area contributed by atoms with Crippen molar-refractivity contribution < 1.29 is 9.53 Å². The van der Waals surface area contributed by atoms with Crippen molar-refractivity contribution in [3.8, 4) is 5.75 Å². The lowest BCUT2D eigenvalue weighted by Crippen LogP contribution is -2.39. The number of methoxy groups -OCH3 is 1. The average Bonchev–Trinajstić information content (AvgIpc) is 3.08. The van der Waals surface area contributed by atoms with Crippen molar-refractivity contribution in [2.75, 3.05) is 20.2 Å². The van der Waals surface area contributed by atoms with E-state index in [0.717, 1.165) is 25.3 Å². The Hall–Kier alpha value is -1.56. The molecule has 1 aromatic carbocycles. The quantitative estimate of drug-likeness (QED) is 0.837. The molecule has 1 aromatic heterocycles. The third-order valence-corrected chi connectivity index (χ3v) is 6.36. The highest BCUT2D eigenvalue weighted by atomic mass is 35.5. The molecule has 2 fully saturated rings. The lowest BCUT2D eigenvalue weighted by Gasteiger charge is -2.29. The summed E-state index contributed by atoms with van der Waals surface area (Å²) in [6.07, 6.45) is 3.47. The molecule has 1 amide bonds. The van der Waals surface area contributed by atoms with E-state index in [1.54, 1.807) is 18.4 Å². The molecule has 6 heteroatoms. The first-order chi connectivity index (χ1) is 12.2. The maximum absolute atomic E-state index is 13.3. The number of halogens is 1. The fourth-order valence-electron chi connectivity index (χ4n) is 4.05. The van der Waals surface area contributed by atoms with Crippen LogP contribution in [-0.2, 0) is 6.54 Å². The number of carbonyl (C=O) groups excluding carboxylic acids is 1. The molecule has 1 saturated carbocycles. The Morgan fingerprint density at radius 1 is 1.35 bits per heavy atom. The minimum atomic E-state index is 0. The molecule has 2 aliphatic rings. The third kappa shape index (κ3) is 3.75. The smallest absolute Gasteiger partial charge is 0.254 e. The molecular weight excluding hydrogens is 368 g/mol. The molecule has 2 aromatic rings. The Morgan fingerprint density at radius 3 is 2.85 bits per heavy atom. The number of rotatable bonds is 5. The van der Waals surface area contributed by atoms with Crippen LogP contribution in [0.15, 0.2) is 41.1 Å². The van der Waals surface area contributed by atoms with Crippen molar-refractivity contribution in [2.24, 2.45) is 5.41 Å². The Labute approximate surface area is 165 Å². The maximum Gasteiger partial charge on any atom is 0.254 e. The van der Waals surface area contributed by atoms with Crippen LogP contribution in [0.1, 0.15) is 35.2 Å². The molecule has 140 valence electrons. The van der Waals surface area contributed by atoms with Gasteiger partial charge in [0.05, 0.1) is 7.11 Å². The van der Waals surface area contributed by atoms with Crippen LogP contribution in [0.4, 0.5) is 0 Å². The Balaban J connectivity index is 0.00000196. The van der Waals surface area contributed by atoms with E-state index in [-0.39, 0.29) is 18.3 Å². The summed E-state index contributed by atoms with van der Waals surface area (Å²) >= 11 is 1.69. The molecular formula is C20H25ClN2O2S. The fourth-order valence-corrected chi connectivity index (χ4v) is 4.71. The number of nitrogens with one attached hydrogen (secondary N) is 1. The molecule has 0 radical (unpaired) electrons. The lowest BCUT2D eigenvalue weighted by atomic mass is 9.93. The minimum Gasteiger partial charge on any atom is -0.497 e. The number of nitrogens with zero attached hydrogens (tertiary/aromatic N) is 1. The zero-order valence-corrected chi connectivity index (χ0v) is 16.6. The van der Waals surface area contributed by atoms with E-state index in [4.69, 9.17) is 4.74 Å². The first-order valence-corrected chi connectivity index (χ1v) is 9.83. The van der Waals surface area contributed by atoms with Crippen molar-refractivity contribution in [3.05, 3.63) is 52.2 Å². The van der Waals surface area contributed by atoms with Crippen LogP contribution < -0.4 is 10.1 Å². The number of amides is 1. The van der Waals surface area contributed by atoms with Crippen LogP contribution in [0.3, 0.4) is 0 Å². The topological polar surface area (TPSA) is 41.6 Å². The molecule has 1 spiro atoms. The van der Waals surface area contributed by atoms with Gasteiger partial charge in [0.2, 0.25) is 0 Å². The van der Waals surface area contributed by atoms with E-state index in [9.17, 15) is 4.79 Å². The van der Waals surface area contributed by atoms with Gasteiger partial charge in [-0.05, 0) is 78.4 Å². The Bertz CT molecular complexity index is 744. The van der Waals surface area contributed by atoms with Crippen LogP contribution in [-0.4, -0.2) is 37.0 Å². The van der Waals surface area contributed by atoms with Gasteiger partial charge in [-0.3, -0.25) is 4.79 Å². The van der Waals surface area contributed by atoms with E-state index >= 15 is 0 Å². The second kappa shape index (κ2) is 7.99. The average molecular weight is 393 g/mol. The second-order valence-electron chi connectivity index (χ2n) is 7.13. The predicted octanol–water partition coefficient (Wildman–Crippen LogP) is 3.96. The van der Waals surface area contributed by atoms with Gasteiger partial charge in [-0.15, -0.1) is 12.4 Å². The number of benzene rings is 1. The molecule has 1 saturated heterocycles. The summed E-state index contributed by atoms with van der Waals surface area (Å²) in [4.78, 5) is 15.4. The summed E-state index contributed by atoms with van der Waals surface area (Å²) in [5.74, 6) is 0.846. The van der Waals surface area contributed by atoms with Gasteiger partial charge in [0, 0.05) is 18.2 Å². The molecule has 4 nitrogen and oxygen atoms in total. The lowest BCUT2D eigenvalue weighted by molar-refractivity contribution is 0.0692. The Morgan fingerprint density at radius 2 is 2.15 bits per heavy atom. The minimum absolute atomic E-state index is 0. The highest BCUT2D eigenvalue weighted by Gasteiger charge is 2.57. The molecule has 1 aliphatic heterocycles. The van der Waals surface area contributed by atoms with Crippen LogP contribution >= 0.6 is 23.7 Å². The van der Waals surface area contributed by atoms with E-state index in [2.05, 4.69) is 27.0 Å². The normalized spacial score (nSPS) is 20.3. The summed E-state index contributed by atoms with van der Waals surface area (Å²) < 4.78 is 5.30. The second-order valence-corrected chi connectivity index (χ2v) is 7.91. The van der Waals surface area contributed by atoms with Gasteiger partial charge in [0.1, 0.15) is 5.75 Å². The van der Waals surface area contributed by atoms with Crippen LogP contribution in [0.25, 0.3) is 0 Å². The third-order valence-electron chi connectivity index (χ3n) is 5.63. The van der Waals surface area contributed by atoms with E-state index < -0.39 is 0 Å². The van der Waals surface area contributed by atoms with Gasteiger partial charge in [-0.2, -0.15) is 11.3 Å². The summed E-state index contributed by atoms with van der Waals surface area (Å²) in [7, 11) is 1.64. The SMILES string of the molecule is COc1cccc(C(=O)N(Cc2ccsc2)C2CC23CCNCC3)c1.Cl. The molecule has 1 aliphatic carbocycles.